The van der Waals surface area contributed by atoms with E-state index in [-0.39, 0.29) is 17.2 Å². The summed E-state index contributed by atoms with van der Waals surface area (Å²) in [7, 11) is 6.90. The van der Waals surface area contributed by atoms with E-state index >= 15 is 0 Å². The van der Waals surface area contributed by atoms with E-state index in [9.17, 15) is 13.8 Å². The maximum atomic E-state index is 14.3. The number of likely N-dealkylation sites (tertiary alicyclic amines) is 1. The van der Waals surface area contributed by atoms with E-state index in [0.717, 1.165) is 32.5 Å². The summed E-state index contributed by atoms with van der Waals surface area (Å²) < 4.78 is 35.6. The summed E-state index contributed by atoms with van der Waals surface area (Å²) in [6.07, 6.45) is 2.11. The smallest absolute Gasteiger partial charge is 0.415 e. The minimum atomic E-state index is -1.13. The molecule has 0 saturated carbocycles. The predicted molar refractivity (Wildman–Crippen MR) is 216 cm³/mol. The van der Waals surface area contributed by atoms with Gasteiger partial charge >= 0.3 is 6.09 Å². The third-order valence-corrected chi connectivity index (χ3v) is 13.8. The van der Waals surface area contributed by atoms with Crippen molar-refractivity contribution in [2.75, 3.05) is 61.6 Å². The lowest BCUT2D eigenvalue weighted by atomic mass is 9.82. The van der Waals surface area contributed by atoms with Crippen LogP contribution in [0.5, 0.6) is 23.0 Å². The van der Waals surface area contributed by atoms with Crippen LogP contribution in [0.25, 0.3) is 0 Å². The van der Waals surface area contributed by atoms with Crippen molar-refractivity contribution in [3.63, 3.8) is 0 Å². The van der Waals surface area contributed by atoms with E-state index in [2.05, 4.69) is 17.0 Å². The van der Waals surface area contributed by atoms with Crippen LogP contribution in [0.3, 0.4) is 0 Å². The molecule has 13 heteroatoms. The number of benzene rings is 4. The third-order valence-electron chi connectivity index (χ3n) is 11.0. The molecule has 0 radical (unpaired) electrons. The molecule has 10 nitrogen and oxygen atoms in total. The Labute approximate surface area is 335 Å². The molecule has 0 aliphatic carbocycles. The number of hydrogen-bond donors (Lipinski definition) is 0. The zero-order valence-corrected chi connectivity index (χ0v) is 34.1. The molecule has 292 valence electrons. The Morgan fingerprint density at radius 3 is 2.15 bits per heavy atom. The summed E-state index contributed by atoms with van der Waals surface area (Å²) in [4.78, 5) is 34.0. The molecule has 2 aliphatic rings. The fraction of sp³-hybridized carbons (Fsp3) is 0.381. The normalized spacial score (nSPS) is 17.2. The lowest BCUT2D eigenvalue weighted by Crippen LogP contribution is -2.55. The van der Waals surface area contributed by atoms with Crippen molar-refractivity contribution >= 4 is 46.0 Å². The number of methoxy groups -OCH3 is 3. The first-order chi connectivity index (χ1) is 26.5. The number of halogens is 2. The number of rotatable bonds is 13. The molecule has 4 aromatic rings. The average Bonchev–Trinajstić information content (AvgIpc) is 3.47. The molecule has 55 heavy (non-hydrogen) atoms. The van der Waals surface area contributed by atoms with Gasteiger partial charge in [-0.2, -0.15) is 0 Å². The molecule has 0 N–H and O–H groups in total. The van der Waals surface area contributed by atoms with E-state index in [4.69, 9.17) is 42.1 Å². The first-order valence-corrected chi connectivity index (χ1v) is 20.2. The Hall–Kier alpha value is -4.29. The van der Waals surface area contributed by atoms with Gasteiger partial charge in [0.1, 0.15) is 5.75 Å². The number of carbonyl (C=O) groups is 2. The molecule has 2 unspecified atom stereocenters. The van der Waals surface area contributed by atoms with Gasteiger partial charge in [-0.3, -0.25) is 13.9 Å². The van der Waals surface area contributed by atoms with Crippen LogP contribution in [0.2, 0.25) is 10.0 Å². The Balaban J connectivity index is 1.31. The van der Waals surface area contributed by atoms with Crippen LogP contribution in [0.1, 0.15) is 52.7 Å². The first kappa shape index (κ1) is 40.4. The Morgan fingerprint density at radius 2 is 1.51 bits per heavy atom. The molecule has 2 heterocycles. The van der Waals surface area contributed by atoms with Gasteiger partial charge in [-0.1, -0.05) is 71.7 Å². The van der Waals surface area contributed by atoms with E-state index in [1.54, 1.807) is 72.4 Å². The molecule has 1 fully saturated rings. The van der Waals surface area contributed by atoms with Gasteiger partial charge in [0, 0.05) is 42.8 Å². The van der Waals surface area contributed by atoms with Gasteiger partial charge in [0.15, 0.2) is 11.5 Å². The van der Waals surface area contributed by atoms with Gasteiger partial charge in [0.05, 0.1) is 41.7 Å². The van der Waals surface area contributed by atoms with Crippen LogP contribution in [0, 0.1) is 0 Å². The Bertz CT molecular complexity index is 2020. The van der Waals surface area contributed by atoms with Crippen LogP contribution in [-0.2, 0) is 26.8 Å². The molecular formula is C42H47Cl2N3O7S. The van der Waals surface area contributed by atoms with Gasteiger partial charge in [-0.05, 0) is 98.4 Å². The number of para-hydroxylation sites is 1. The van der Waals surface area contributed by atoms with Gasteiger partial charge in [-0.25, -0.2) is 4.79 Å². The van der Waals surface area contributed by atoms with Crippen LogP contribution in [-0.4, -0.2) is 92.5 Å². The lowest BCUT2D eigenvalue weighted by molar-refractivity contribution is 0.0484. The second-order valence-electron chi connectivity index (χ2n) is 14.1. The third kappa shape index (κ3) is 8.17. The van der Waals surface area contributed by atoms with E-state index < -0.39 is 22.4 Å². The van der Waals surface area contributed by atoms with Crippen molar-refractivity contribution in [2.45, 2.75) is 41.7 Å². The fourth-order valence-corrected chi connectivity index (χ4v) is 10.2. The molecule has 0 bridgehead atoms. The molecule has 2 amide bonds. The quantitative estimate of drug-likeness (QED) is 0.134. The van der Waals surface area contributed by atoms with E-state index in [1.165, 1.54) is 32.5 Å². The Kier molecular flexibility index (Phi) is 12.7. The number of hydrogen-bond acceptors (Lipinski definition) is 8. The SMILES string of the molecule is COc1cc(C(=O)N(C)CC(CCCN2CCC3(CC2)c2ccccc2CS3=O)(c2ccc(Cl)c(Cl)c2)N(C)C(=O)Oc2ccccc2)cc(OC)c1OC. The van der Waals surface area contributed by atoms with E-state index in [0.29, 0.717) is 62.8 Å². The number of carbonyl (C=O) groups excluding carboxylic acids is 2. The van der Waals surface area contributed by atoms with Crippen LogP contribution in [0.15, 0.2) is 84.9 Å². The summed E-state index contributed by atoms with van der Waals surface area (Å²) in [5, 5.41) is 0.682. The summed E-state index contributed by atoms with van der Waals surface area (Å²) in [6, 6.07) is 25.7. The van der Waals surface area contributed by atoms with Crippen molar-refractivity contribution in [2.24, 2.45) is 0 Å². The predicted octanol–water partition coefficient (Wildman–Crippen LogP) is 8.15. The van der Waals surface area contributed by atoms with Crippen molar-refractivity contribution in [1.82, 2.24) is 14.7 Å². The maximum absolute atomic E-state index is 14.3. The highest BCUT2D eigenvalue weighted by Crippen LogP contribution is 2.47. The minimum absolute atomic E-state index is 0.0692. The van der Waals surface area contributed by atoms with Crippen molar-refractivity contribution in [3.8, 4) is 23.0 Å². The molecule has 4 aromatic carbocycles. The standard InChI is InChI=1S/C42H47Cl2N3O7S/c1-45(39(48)30-24-36(51-3)38(53-5)37(25-30)52-4)28-41(31-16-17-34(43)35(44)26-31,46(2)40(49)54-32-13-7-6-8-14-32)18-11-21-47-22-19-42(20-23-47)33-15-10-9-12-29(33)27-55(42)50/h6-10,12-17,24-26H,11,18-23,27-28H2,1-5H3. The monoisotopic (exact) mass is 807 g/mol. The second kappa shape index (κ2) is 17.2. The summed E-state index contributed by atoms with van der Waals surface area (Å²) in [6.45, 7) is 2.38. The molecule has 0 aromatic heterocycles. The zero-order valence-electron chi connectivity index (χ0n) is 31.8. The summed E-state index contributed by atoms with van der Waals surface area (Å²) >= 11 is 13.1. The maximum Gasteiger partial charge on any atom is 0.415 e. The average molecular weight is 809 g/mol. The van der Waals surface area contributed by atoms with E-state index in [1.807, 2.05) is 24.3 Å². The molecule has 6 rings (SSSR count). The van der Waals surface area contributed by atoms with Crippen LogP contribution >= 0.6 is 23.2 Å². The van der Waals surface area contributed by atoms with Crippen LogP contribution < -0.4 is 18.9 Å². The number of fused-ring (bicyclic) bond motifs is 2. The minimum Gasteiger partial charge on any atom is -0.493 e. The number of nitrogens with zero attached hydrogens (tertiary/aromatic N) is 3. The van der Waals surface area contributed by atoms with Crippen LogP contribution in [0.4, 0.5) is 4.79 Å². The first-order valence-electron chi connectivity index (χ1n) is 18.2. The Morgan fingerprint density at radius 1 is 0.855 bits per heavy atom. The highest BCUT2D eigenvalue weighted by atomic mass is 35.5. The van der Waals surface area contributed by atoms with Gasteiger partial charge in [0.25, 0.3) is 5.91 Å². The lowest BCUT2D eigenvalue weighted by Gasteiger charge is -2.45. The molecule has 2 aliphatic heterocycles. The topological polar surface area (TPSA) is 97.9 Å². The molecule has 1 spiro atoms. The fourth-order valence-electron chi connectivity index (χ4n) is 8.01. The summed E-state index contributed by atoms with van der Waals surface area (Å²) in [5.74, 6) is 1.70. The van der Waals surface area contributed by atoms with Gasteiger partial charge < -0.3 is 28.7 Å². The second-order valence-corrected chi connectivity index (χ2v) is 16.6. The van der Waals surface area contributed by atoms with Crippen molar-refractivity contribution < 1.29 is 32.7 Å². The zero-order chi connectivity index (χ0) is 39.3. The molecule has 2 atom stereocenters. The highest BCUT2D eigenvalue weighted by molar-refractivity contribution is 7.85. The number of ether oxygens (including phenoxy) is 4. The molecule has 1 saturated heterocycles. The van der Waals surface area contributed by atoms with Gasteiger partial charge in [-0.15, -0.1) is 0 Å². The molecular weight excluding hydrogens is 761 g/mol. The summed E-state index contributed by atoms with van der Waals surface area (Å²) in [5.41, 5.74) is 2.28. The largest absolute Gasteiger partial charge is 0.493 e. The highest BCUT2D eigenvalue weighted by Gasteiger charge is 2.47. The van der Waals surface area contributed by atoms with Gasteiger partial charge in [0.2, 0.25) is 5.75 Å². The van der Waals surface area contributed by atoms with Crippen molar-refractivity contribution in [1.29, 1.82) is 0 Å². The number of piperidine rings is 1. The van der Waals surface area contributed by atoms with Crippen molar-refractivity contribution in [3.05, 3.63) is 117 Å². The number of likely N-dealkylation sites (N-methyl/N-ethyl adjacent to an activating group) is 2. The number of amides is 2.